The van der Waals surface area contributed by atoms with Crippen LogP contribution in [-0.4, -0.2) is 55.8 Å². The van der Waals surface area contributed by atoms with Crippen LogP contribution < -0.4 is 19.5 Å². The molecule has 4 atom stereocenters. The Balaban J connectivity index is 1.12. The van der Waals surface area contributed by atoms with Gasteiger partial charge in [0.05, 0.1) is 19.8 Å². The van der Waals surface area contributed by atoms with Gasteiger partial charge in [-0.1, -0.05) is 65.7 Å². The number of halogens is 2. The molecule has 0 spiro atoms. The summed E-state index contributed by atoms with van der Waals surface area (Å²) in [6, 6.07) is 20.1. The number of carbonyl (C=O) groups is 2. The van der Waals surface area contributed by atoms with E-state index in [1.807, 2.05) is 30.3 Å². The van der Waals surface area contributed by atoms with Gasteiger partial charge in [-0.25, -0.2) is 9.59 Å². The predicted octanol–water partition coefficient (Wildman–Crippen LogP) is 6.37. The van der Waals surface area contributed by atoms with E-state index in [0.29, 0.717) is 45.4 Å². The van der Waals surface area contributed by atoms with Gasteiger partial charge in [-0.3, -0.25) is 5.32 Å². The maximum Gasteiger partial charge on any atom is 0.338 e. The first-order valence-corrected chi connectivity index (χ1v) is 18.2. The lowest BCUT2D eigenvalue weighted by Crippen LogP contribution is -2.59. The number of carboxylic acids is 1. The van der Waals surface area contributed by atoms with Crippen LogP contribution in [0.2, 0.25) is 10.0 Å². The summed E-state index contributed by atoms with van der Waals surface area (Å²) in [7, 11) is 3.04. The highest BCUT2D eigenvalue weighted by Gasteiger charge is 2.57. The van der Waals surface area contributed by atoms with Gasteiger partial charge in [0, 0.05) is 31.0 Å². The largest absolute Gasteiger partial charge is 0.619 e. The number of aromatic nitrogens is 1. The van der Waals surface area contributed by atoms with Crippen molar-refractivity contribution in [2.45, 2.75) is 43.9 Å². The van der Waals surface area contributed by atoms with Crippen molar-refractivity contribution in [3.05, 3.63) is 128 Å². The molecule has 3 saturated heterocycles. The number of benzene rings is 3. The monoisotopic (exact) mass is 745 g/mol. The second-order valence-electron chi connectivity index (χ2n) is 13.9. The fourth-order valence-corrected chi connectivity index (χ4v) is 9.18. The molecule has 12 heteroatoms. The zero-order chi connectivity index (χ0) is 36.6. The summed E-state index contributed by atoms with van der Waals surface area (Å²) in [6.07, 6.45) is 4.58. The van der Waals surface area contributed by atoms with E-state index in [4.69, 9.17) is 37.4 Å². The molecule has 2 N–H and O–H groups in total. The Bertz CT molecular complexity index is 1940. The standard InChI is InChI=1S/C40H41Cl2N3O7/c1-50-35-12-11-28(18-37(35)51-2)36(19-29-33(41)22-45(49)23-34(29)42)52-38(46)26-9-7-24(8-10-26)20-43-40(39(47)48)31-6-4-3-5-27(31)17-32(40)30-21-44-15-13-25(30)14-16-44/h3-12,18,22-23,25,30,32,36,43H,13-17,19-21H2,1-2H3,(H,47,48)/t30-,32?,36+,40?/m1/s1. The lowest BCUT2D eigenvalue weighted by atomic mass is 9.66. The maximum atomic E-state index is 13.7. The van der Waals surface area contributed by atoms with Crippen LogP contribution in [0.3, 0.4) is 0 Å². The average molecular weight is 747 g/mol. The van der Waals surface area contributed by atoms with Crippen molar-refractivity contribution in [2.75, 3.05) is 33.9 Å². The molecule has 3 fully saturated rings. The normalized spacial score (nSPS) is 23.8. The van der Waals surface area contributed by atoms with Crippen molar-refractivity contribution in [1.82, 2.24) is 10.2 Å². The number of pyridine rings is 1. The third kappa shape index (κ3) is 6.80. The molecule has 272 valence electrons. The summed E-state index contributed by atoms with van der Waals surface area (Å²) in [6.45, 7) is 3.41. The lowest BCUT2D eigenvalue weighted by molar-refractivity contribution is -0.605. The Hall–Kier alpha value is -4.35. The summed E-state index contributed by atoms with van der Waals surface area (Å²) in [5.41, 5.74) is 2.89. The van der Waals surface area contributed by atoms with Gasteiger partial charge >= 0.3 is 11.9 Å². The van der Waals surface area contributed by atoms with Crippen LogP contribution in [0.15, 0.2) is 79.1 Å². The molecule has 4 aliphatic rings. The smallest absolute Gasteiger partial charge is 0.338 e. The Labute approximate surface area is 312 Å². The zero-order valence-corrected chi connectivity index (χ0v) is 30.5. The third-order valence-electron chi connectivity index (χ3n) is 11.2. The molecule has 2 unspecified atom stereocenters. The van der Waals surface area contributed by atoms with Gasteiger partial charge in [-0.15, -0.1) is 0 Å². The summed E-state index contributed by atoms with van der Waals surface area (Å²) in [5.74, 6) is 0.235. The van der Waals surface area contributed by atoms with E-state index in [1.54, 1.807) is 30.3 Å². The summed E-state index contributed by atoms with van der Waals surface area (Å²) in [4.78, 5) is 29.6. The van der Waals surface area contributed by atoms with Gasteiger partial charge in [0.1, 0.15) is 21.7 Å². The van der Waals surface area contributed by atoms with Crippen molar-refractivity contribution in [2.24, 2.45) is 17.8 Å². The van der Waals surface area contributed by atoms with Crippen molar-refractivity contribution >= 4 is 35.1 Å². The minimum absolute atomic E-state index is 0.0799. The SMILES string of the molecule is COc1ccc([C@H](Cc2c(Cl)c[n+]([O-])cc2Cl)OC(=O)c2ccc(CNC3(C(=O)O)c4ccccc4CC3[C@@H]3CN4CCC3CC4)cc2)cc1OC. The van der Waals surface area contributed by atoms with E-state index < -0.39 is 23.6 Å². The summed E-state index contributed by atoms with van der Waals surface area (Å²) < 4.78 is 17.5. The Kier molecular flexibility index (Phi) is 10.4. The number of rotatable bonds is 12. The van der Waals surface area contributed by atoms with Gasteiger partial charge in [0.25, 0.3) is 0 Å². The molecule has 3 aromatic carbocycles. The second kappa shape index (κ2) is 14.9. The first-order valence-electron chi connectivity index (χ1n) is 17.5. The minimum Gasteiger partial charge on any atom is -0.619 e. The molecular formula is C40H41Cl2N3O7. The van der Waals surface area contributed by atoms with E-state index in [0.717, 1.165) is 55.6 Å². The number of carbonyl (C=O) groups excluding carboxylic acids is 1. The molecule has 1 aliphatic carbocycles. The van der Waals surface area contributed by atoms with Crippen LogP contribution in [0.1, 0.15) is 57.1 Å². The molecule has 4 aromatic rings. The molecular weight excluding hydrogens is 705 g/mol. The van der Waals surface area contributed by atoms with E-state index in [1.165, 1.54) is 26.6 Å². The molecule has 2 bridgehead atoms. The number of methoxy groups -OCH3 is 2. The van der Waals surface area contributed by atoms with Crippen LogP contribution in [-0.2, 0) is 34.5 Å². The van der Waals surface area contributed by atoms with Crippen LogP contribution in [0, 0.1) is 23.0 Å². The molecule has 3 aliphatic heterocycles. The Morgan fingerprint density at radius 3 is 2.33 bits per heavy atom. The quantitative estimate of drug-likeness (QED) is 0.0968. The number of piperidine rings is 3. The number of hydrogen-bond acceptors (Lipinski definition) is 8. The van der Waals surface area contributed by atoms with Crippen molar-refractivity contribution in [1.29, 1.82) is 0 Å². The molecule has 8 rings (SSSR count). The number of nitrogens with one attached hydrogen (secondary N) is 1. The minimum atomic E-state index is -1.23. The van der Waals surface area contributed by atoms with Crippen molar-refractivity contribution < 1.29 is 33.6 Å². The van der Waals surface area contributed by atoms with Crippen molar-refractivity contribution in [3.63, 3.8) is 0 Å². The van der Waals surface area contributed by atoms with Crippen LogP contribution >= 0.6 is 23.2 Å². The molecule has 4 heterocycles. The Morgan fingerprint density at radius 2 is 1.69 bits per heavy atom. The van der Waals surface area contributed by atoms with E-state index in [9.17, 15) is 19.9 Å². The number of nitrogens with zero attached hydrogens (tertiary/aromatic N) is 2. The van der Waals surface area contributed by atoms with Gasteiger partial charge in [0.2, 0.25) is 0 Å². The first-order chi connectivity index (χ1) is 25.1. The van der Waals surface area contributed by atoms with E-state index in [-0.39, 0.29) is 28.3 Å². The van der Waals surface area contributed by atoms with Crippen LogP contribution in [0.25, 0.3) is 0 Å². The van der Waals surface area contributed by atoms with Gasteiger partial charge in [-0.2, -0.15) is 4.73 Å². The van der Waals surface area contributed by atoms with Crippen LogP contribution in [0.4, 0.5) is 0 Å². The number of ether oxygens (including phenoxy) is 3. The molecule has 0 radical (unpaired) electrons. The van der Waals surface area contributed by atoms with Gasteiger partial charge in [0.15, 0.2) is 23.9 Å². The van der Waals surface area contributed by atoms with Gasteiger partial charge < -0.3 is 29.4 Å². The molecule has 0 saturated carbocycles. The second-order valence-corrected chi connectivity index (χ2v) is 14.8. The topological polar surface area (TPSA) is 124 Å². The maximum absolute atomic E-state index is 13.7. The summed E-state index contributed by atoms with van der Waals surface area (Å²) in [5, 5.41) is 26.7. The molecule has 10 nitrogen and oxygen atoms in total. The number of fused-ring (bicyclic) bond motifs is 4. The highest BCUT2D eigenvalue weighted by atomic mass is 35.5. The zero-order valence-electron chi connectivity index (χ0n) is 29.0. The van der Waals surface area contributed by atoms with Crippen molar-refractivity contribution in [3.8, 4) is 11.5 Å². The van der Waals surface area contributed by atoms with Crippen LogP contribution in [0.5, 0.6) is 11.5 Å². The molecule has 0 amide bonds. The fraction of sp³-hybridized carbons (Fsp3) is 0.375. The Morgan fingerprint density at radius 1 is 1.00 bits per heavy atom. The number of esters is 1. The number of carboxylic acid groups (broad SMARTS) is 1. The van der Waals surface area contributed by atoms with E-state index in [2.05, 4.69) is 16.3 Å². The fourth-order valence-electron chi connectivity index (χ4n) is 8.58. The molecule has 1 aromatic heterocycles. The highest BCUT2D eigenvalue weighted by molar-refractivity contribution is 6.35. The summed E-state index contributed by atoms with van der Waals surface area (Å²) >= 11 is 12.8. The lowest BCUT2D eigenvalue weighted by Gasteiger charge is -2.50. The molecule has 52 heavy (non-hydrogen) atoms. The third-order valence-corrected chi connectivity index (χ3v) is 11.9. The highest BCUT2D eigenvalue weighted by Crippen LogP contribution is 2.51. The van der Waals surface area contributed by atoms with Gasteiger partial charge in [-0.05, 0) is 90.7 Å². The number of hydrogen-bond donors (Lipinski definition) is 2. The predicted molar refractivity (Wildman–Crippen MR) is 196 cm³/mol. The van der Waals surface area contributed by atoms with E-state index >= 15 is 0 Å². The first kappa shape index (κ1) is 36.0. The average Bonchev–Trinajstić information content (AvgIpc) is 3.50. The number of aliphatic carboxylic acids is 1.